The van der Waals surface area contributed by atoms with Crippen LogP contribution in [0.1, 0.15) is 11.3 Å². The largest absolute Gasteiger partial charge is 0.419 e. The standard InChI is InChI=1S/C18H15N3O/c1-21(13-14-8-4-2-5-9-14)18-16(12-19)20-17(22-18)15-10-6-3-7-11-15/h2-11H,13H2,1H3. The molecule has 108 valence electrons. The van der Waals surface area contributed by atoms with E-state index in [0.29, 0.717) is 24.0 Å². The van der Waals surface area contributed by atoms with E-state index in [1.54, 1.807) is 0 Å². The molecule has 22 heavy (non-hydrogen) atoms. The number of aromatic nitrogens is 1. The minimum Gasteiger partial charge on any atom is -0.419 e. The lowest BCUT2D eigenvalue weighted by Gasteiger charge is -2.15. The molecule has 1 heterocycles. The second kappa shape index (κ2) is 6.15. The van der Waals surface area contributed by atoms with Gasteiger partial charge in [-0.1, -0.05) is 48.5 Å². The summed E-state index contributed by atoms with van der Waals surface area (Å²) in [6.07, 6.45) is 0. The van der Waals surface area contributed by atoms with Crippen molar-refractivity contribution in [2.75, 3.05) is 11.9 Å². The van der Waals surface area contributed by atoms with Gasteiger partial charge >= 0.3 is 0 Å². The summed E-state index contributed by atoms with van der Waals surface area (Å²) in [6, 6.07) is 21.7. The molecular formula is C18H15N3O. The summed E-state index contributed by atoms with van der Waals surface area (Å²) in [4.78, 5) is 6.19. The molecule has 2 aromatic carbocycles. The van der Waals surface area contributed by atoms with Gasteiger partial charge in [0.05, 0.1) is 0 Å². The predicted octanol–water partition coefficient (Wildman–Crippen LogP) is 3.85. The summed E-state index contributed by atoms with van der Waals surface area (Å²) in [5.41, 5.74) is 2.31. The Balaban J connectivity index is 1.90. The topological polar surface area (TPSA) is 53.1 Å². The second-order valence-corrected chi connectivity index (χ2v) is 4.99. The first-order chi connectivity index (χ1) is 10.8. The van der Waals surface area contributed by atoms with Gasteiger partial charge in [-0.3, -0.25) is 0 Å². The van der Waals surface area contributed by atoms with Crippen LogP contribution in [-0.2, 0) is 6.54 Å². The van der Waals surface area contributed by atoms with Gasteiger partial charge in [-0.15, -0.1) is 0 Å². The van der Waals surface area contributed by atoms with Gasteiger partial charge in [-0.05, 0) is 17.7 Å². The molecule has 0 amide bonds. The van der Waals surface area contributed by atoms with Crippen LogP contribution in [0.15, 0.2) is 65.1 Å². The summed E-state index contributed by atoms with van der Waals surface area (Å²) in [6.45, 7) is 0.652. The van der Waals surface area contributed by atoms with Crippen LogP contribution in [0.4, 0.5) is 5.88 Å². The summed E-state index contributed by atoms with van der Waals surface area (Å²) in [7, 11) is 1.89. The highest BCUT2D eigenvalue weighted by molar-refractivity contribution is 5.59. The number of hydrogen-bond acceptors (Lipinski definition) is 4. The van der Waals surface area contributed by atoms with Crippen molar-refractivity contribution in [1.29, 1.82) is 5.26 Å². The van der Waals surface area contributed by atoms with Gasteiger partial charge in [0.1, 0.15) is 6.07 Å². The molecule has 0 spiro atoms. The zero-order chi connectivity index (χ0) is 15.4. The highest BCUT2D eigenvalue weighted by atomic mass is 16.4. The molecule has 0 unspecified atom stereocenters. The van der Waals surface area contributed by atoms with Gasteiger partial charge in [0.25, 0.3) is 0 Å². The molecule has 0 radical (unpaired) electrons. The molecule has 0 saturated carbocycles. The highest BCUT2D eigenvalue weighted by Gasteiger charge is 2.18. The maximum atomic E-state index is 9.29. The number of anilines is 1. The maximum Gasteiger partial charge on any atom is 0.235 e. The van der Waals surface area contributed by atoms with Gasteiger partial charge in [-0.25, -0.2) is 0 Å². The highest BCUT2D eigenvalue weighted by Crippen LogP contribution is 2.28. The van der Waals surface area contributed by atoms with E-state index < -0.39 is 0 Å². The minimum absolute atomic E-state index is 0.303. The molecule has 0 N–H and O–H groups in total. The van der Waals surface area contributed by atoms with E-state index in [1.165, 1.54) is 0 Å². The van der Waals surface area contributed by atoms with E-state index in [4.69, 9.17) is 4.42 Å². The van der Waals surface area contributed by atoms with Crippen molar-refractivity contribution in [2.45, 2.75) is 6.54 Å². The van der Waals surface area contributed by atoms with Gasteiger partial charge in [0.2, 0.25) is 17.5 Å². The molecule has 0 aliphatic heterocycles. The average Bonchev–Trinajstić information content (AvgIpc) is 3.01. The Morgan fingerprint density at radius 1 is 1.05 bits per heavy atom. The Kier molecular flexibility index (Phi) is 3.88. The number of oxazole rings is 1. The lowest BCUT2D eigenvalue weighted by atomic mass is 10.2. The molecular weight excluding hydrogens is 274 g/mol. The molecule has 3 rings (SSSR count). The van der Waals surface area contributed by atoms with Crippen LogP contribution in [0.2, 0.25) is 0 Å². The molecule has 0 bridgehead atoms. The molecule has 4 heteroatoms. The third kappa shape index (κ3) is 2.84. The maximum absolute atomic E-state index is 9.29. The zero-order valence-electron chi connectivity index (χ0n) is 12.2. The van der Waals surface area contributed by atoms with Crippen molar-refractivity contribution >= 4 is 5.88 Å². The fourth-order valence-electron chi connectivity index (χ4n) is 2.28. The number of rotatable bonds is 4. The number of nitriles is 1. The lowest BCUT2D eigenvalue weighted by Crippen LogP contribution is -2.16. The third-order valence-corrected chi connectivity index (χ3v) is 3.35. The fraction of sp³-hybridized carbons (Fsp3) is 0.111. The fourth-order valence-corrected chi connectivity index (χ4v) is 2.28. The van der Waals surface area contributed by atoms with Gasteiger partial charge in [-0.2, -0.15) is 10.2 Å². The first-order valence-electron chi connectivity index (χ1n) is 6.99. The van der Waals surface area contributed by atoms with Crippen molar-refractivity contribution in [3.8, 4) is 17.5 Å². The number of nitrogens with zero attached hydrogens (tertiary/aromatic N) is 3. The zero-order valence-corrected chi connectivity index (χ0v) is 12.2. The van der Waals surface area contributed by atoms with E-state index >= 15 is 0 Å². The molecule has 0 aliphatic rings. The van der Waals surface area contributed by atoms with E-state index in [2.05, 4.69) is 11.1 Å². The summed E-state index contributed by atoms with van der Waals surface area (Å²) < 4.78 is 5.82. The third-order valence-electron chi connectivity index (χ3n) is 3.35. The summed E-state index contributed by atoms with van der Waals surface area (Å²) in [5.74, 6) is 0.956. The molecule has 0 fully saturated rings. The Bertz CT molecular complexity index is 788. The number of benzene rings is 2. The SMILES string of the molecule is CN(Cc1ccccc1)c1oc(-c2ccccc2)nc1C#N. The van der Waals surface area contributed by atoms with Crippen LogP contribution in [0, 0.1) is 11.3 Å². The Morgan fingerprint density at radius 3 is 2.32 bits per heavy atom. The van der Waals surface area contributed by atoms with Crippen LogP contribution in [0.3, 0.4) is 0 Å². The van der Waals surface area contributed by atoms with E-state index in [0.717, 1.165) is 11.1 Å². The van der Waals surface area contributed by atoms with Crippen LogP contribution in [0.5, 0.6) is 0 Å². The average molecular weight is 289 g/mol. The Labute approximate surface area is 129 Å². The van der Waals surface area contributed by atoms with Crippen LogP contribution >= 0.6 is 0 Å². The molecule has 4 nitrogen and oxygen atoms in total. The number of hydrogen-bond donors (Lipinski definition) is 0. The summed E-state index contributed by atoms with van der Waals surface area (Å²) >= 11 is 0. The Morgan fingerprint density at radius 2 is 1.68 bits per heavy atom. The van der Waals surface area contributed by atoms with Gasteiger partial charge < -0.3 is 9.32 Å². The summed E-state index contributed by atoms with van der Waals surface area (Å²) in [5, 5.41) is 9.29. The molecule has 0 aliphatic carbocycles. The molecule has 0 atom stereocenters. The quantitative estimate of drug-likeness (QED) is 0.732. The minimum atomic E-state index is 0.303. The van der Waals surface area contributed by atoms with Crippen LogP contribution < -0.4 is 4.90 Å². The van der Waals surface area contributed by atoms with Crippen molar-refractivity contribution in [3.05, 3.63) is 71.9 Å². The van der Waals surface area contributed by atoms with Gasteiger partial charge in [0, 0.05) is 19.2 Å². The predicted molar refractivity (Wildman–Crippen MR) is 85.2 cm³/mol. The van der Waals surface area contributed by atoms with Crippen molar-refractivity contribution in [3.63, 3.8) is 0 Å². The van der Waals surface area contributed by atoms with E-state index in [1.807, 2.05) is 72.6 Å². The normalized spacial score (nSPS) is 10.2. The monoisotopic (exact) mass is 289 g/mol. The van der Waals surface area contributed by atoms with E-state index in [9.17, 15) is 5.26 Å². The second-order valence-electron chi connectivity index (χ2n) is 4.99. The van der Waals surface area contributed by atoms with Crippen molar-refractivity contribution < 1.29 is 4.42 Å². The smallest absolute Gasteiger partial charge is 0.235 e. The molecule has 0 saturated heterocycles. The first kappa shape index (κ1) is 13.9. The first-order valence-corrected chi connectivity index (χ1v) is 6.99. The molecule has 3 aromatic rings. The van der Waals surface area contributed by atoms with Crippen LogP contribution in [0.25, 0.3) is 11.5 Å². The van der Waals surface area contributed by atoms with Crippen LogP contribution in [-0.4, -0.2) is 12.0 Å². The lowest BCUT2D eigenvalue weighted by molar-refractivity contribution is 0.561. The van der Waals surface area contributed by atoms with Crippen molar-refractivity contribution in [1.82, 2.24) is 4.98 Å². The van der Waals surface area contributed by atoms with Crippen molar-refractivity contribution in [2.24, 2.45) is 0 Å². The Hall–Kier alpha value is -3.06. The molecule has 1 aromatic heterocycles. The van der Waals surface area contributed by atoms with E-state index in [-0.39, 0.29) is 0 Å². The van der Waals surface area contributed by atoms with Gasteiger partial charge in [0.15, 0.2) is 0 Å².